The molecule has 1 aromatic carbocycles. The van der Waals surface area contributed by atoms with Crippen LogP contribution in [-0.4, -0.2) is 59.1 Å². The van der Waals surface area contributed by atoms with E-state index in [0.29, 0.717) is 29.0 Å². The van der Waals surface area contributed by atoms with Gasteiger partial charge in [0, 0.05) is 19.6 Å². The van der Waals surface area contributed by atoms with Gasteiger partial charge in [-0.3, -0.25) is 14.2 Å². The van der Waals surface area contributed by atoms with Crippen molar-refractivity contribution in [3.63, 3.8) is 0 Å². The topological polar surface area (TPSA) is 89.3 Å². The second kappa shape index (κ2) is 7.85. The molecule has 1 fully saturated rings. The number of nitrogens with zero attached hydrogens (tertiary/aromatic N) is 3. The van der Waals surface area contributed by atoms with Crippen LogP contribution in [0.1, 0.15) is 6.42 Å². The monoisotopic (exact) mass is 407 g/mol. The van der Waals surface area contributed by atoms with Crippen molar-refractivity contribution >= 4 is 38.4 Å². The third-order valence-electron chi connectivity index (χ3n) is 4.61. The zero-order valence-corrected chi connectivity index (χ0v) is 16.6. The molecule has 7 nitrogen and oxygen atoms in total. The van der Waals surface area contributed by atoms with Gasteiger partial charge in [-0.2, -0.15) is 0 Å². The molecular weight excluding hydrogens is 386 g/mol. The maximum absolute atomic E-state index is 12.7. The van der Waals surface area contributed by atoms with Crippen molar-refractivity contribution < 1.29 is 13.2 Å². The lowest BCUT2D eigenvalue weighted by Crippen LogP contribution is -2.39. The highest BCUT2D eigenvalue weighted by Crippen LogP contribution is 2.21. The summed E-state index contributed by atoms with van der Waals surface area (Å²) in [6.45, 7) is 3.97. The minimum absolute atomic E-state index is 0.00923. The number of thioether (sulfide) groups is 1. The van der Waals surface area contributed by atoms with Crippen molar-refractivity contribution in [1.29, 1.82) is 0 Å². The number of sulfone groups is 1. The number of carbonyl (C=O) groups is 1. The van der Waals surface area contributed by atoms with Crippen LogP contribution in [0.25, 0.3) is 10.9 Å². The fourth-order valence-electron chi connectivity index (χ4n) is 3.06. The molecular formula is C18H21N3O4S2. The van der Waals surface area contributed by atoms with Crippen LogP contribution < -0.4 is 5.56 Å². The third-order valence-corrected chi connectivity index (χ3v) is 7.32. The molecule has 1 aliphatic rings. The maximum Gasteiger partial charge on any atom is 0.262 e. The van der Waals surface area contributed by atoms with Gasteiger partial charge in [0.25, 0.3) is 5.56 Å². The molecule has 1 saturated heterocycles. The number of allylic oxidation sites excluding steroid dienone is 1. The lowest BCUT2D eigenvalue weighted by atomic mass is 10.2. The van der Waals surface area contributed by atoms with Gasteiger partial charge in [-0.1, -0.05) is 30.0 Å². The number of rotatable bonds is 6. The number of hydrogen-bond acceptors (Lipinski definition) is 6. The minimum Gasteiger partial charge on any atom is -0.341 e. The highest BCUT2D eigenvalue weighted by molar-refractivity contribution is 7.99. The van der Waals surface area contributed by atoms with Crippen molar-refractivity contribution in [3.8, 4) is 0 Å². The third kappa shape index (κ3) is 4.24. The van der Waals surface area contributed by atoms with E-state index in [-0.39, 0.29) is 34.8 Å². The smallest absolute Gasteiger partial charge is 0.262 e. The second-order valence-corrected chi connectivity index (χ2v) is 9.64. The molecule has 27 heavy (non-hydrogen) atoms. The lowest BCUT2D eigenvalue weighted by Gasteiger charge is -2.23. The summed E-state index contributed by atoms with van der Waals surface area (Å²) in [5.74, 6) is 0.0207. The Morgan fingerprint density at radius 3 is 2.85 bits per heavy atom. The highest BCUT2D eigenvalue weighted by atomic mass is 32.2. The van der Waals surface area contributed by atoms with Crippen LogP contribution in [0.5, 0.6) is 0 Å². The zero-order chi connectivity index (χ0) is 19.6. The quantitative estimate of drug-likeness (QED) is 0.408. The molecule has 1 atom stereocenters. The molecule has 1 aromatic heterocycles. The first kappa shape index (κ1) is 19.6. The Kier molecular flexibility index (Phi) is 5.71. The van der Waals surface area contributed by atoms with E-state index >= 15 is 0 Å². The van der Waals surface area contributed by atoms with Crippen LogP contribution in [0.15, 0.2) is 46.9 Å². The Hall–Kier alpha value is -2.13. The fraction of sp³-hybridized carbons (Fsp3) is 0.389. The summed E-state index contributed by atoms with van der Waals surface area (Å²) in [5.41, 5.74) is 0.402. The number of fused-ring (bicyclic) bond motifs is 1. The summed E-state index contributed by atoms with van der Waals surface area (Å²) in [7, 11) is -1.43. The zero-order valence-electron chi connectivity index (χ0n) is 15.0. The average molecular weight is 408 g/mol. The molecule has 2 heterocycles. The predicted octanol–water partition coefficient (Wildman–Crippen LogP) is 1.32. The molecule has 9 heteroatoms. The van der Waals surface area contributed by atoms with Gasteiger partial charge in [-0.05, 0) is 18.6 Å². The van der Waals surface area contributed by atoms with Crippen LogP contribution in [0.4, 0.5) is 0 Å². The molecule has 0 radical (unpaired) electrons. The number of benzene rings is 1. The first-order valence-electron chi connectivity index (χ1n) is 8.52. The van der Waals surface area contributed by atoms with Crippen LogP contribution in [0, 0.1) is 0 Å². The second-order valence-electron chi connectivity index (χ2n) is 6.47. The van der Waals surface area contributed by atoms with Gasteiger partial charge in [0.05, 0.1) is 28.2 Å². The van der Waals surface area contributed by atoms with Crippen LogP contribution in [0.2, 0.25) is 0 Å². The Balaban J connectivity index is 1.80. The van der Waals surface area contributed by atoms with Crippen LogP contribution >= 0.6 is 11.8 Å². The van der Waals surface area contributed by atoms with Crippen molar-refractivity contribution in [2.45, 2.75) is 24.2 Å². The molecule has 0 spiro atoms. The normalized spacial score (nSPS) is 18.5. The number of aromatic nitrogens is 2. The predicted molar refractivity (Wildman–Crippen MR) is 107 cm³/mol. The molecule has 1 amide bonds. The standard InChI is InChI=1S/C18H21N3O4S2/c1-3-9-21-17(23)14-6-4-5-7-15(14)19-18(21)26-11-16(22)20(2)13-8-10-27(24,25)12-13/h3-7,13H,1,8-12H2,2H3/t13-/m1/s1. The Labute approximate surface area is 162 Å². The van der Waals surface area contributed by atoms with Gasteiger partial charge in [0.2, 0.25) is 5.91 Å². The molecule has 0 N–H and O–H groups in total. The van der Waals surface area contributed by atoms with Gasteiger partial charge in [-0.25, -0.2) is 13.4 Å². The van der Waals surface area contributed by atoms with Gasteiger partial charge >= 0.3 is 0 Å². The average Bonchev–Trinajstić information content (AvgIpc) is 3.01. The summed E-state index contributed by atoms with van der Waals surface area (Å²) in [6, 6.07) is 6.78. The Bertz CT molecular complexity index is 1050. The molecule has 0 saturated carbocycles. The van der Waals surface area contributed by atoms with Crippen molar-refractivity contribution in [1.82, 2.24) is 14.5 Å². The number of amides is 1. The Morgan fingerprint density at radius 2 is 2.19 bits per heavy atom. The van der Waals surface area contributed by atoms with E-state index in [1.807, 2.05) is 0 Å². The van der Waals surface area contributed by atoms with E-state index in [9.17, 15) is 18.0 Å². The number of para-hydroxylation sites is 1. The first-order chi connectivity index (χ1) is 12.8. The summed E-state index contributed by atoms with van der Waals surface area (Å²) < 4.78 is 24.7. The van der Waals surface area contributed by atoms with E-state index in [4.69, 9.17) is 0 Å². The molecule has 1 aliphatic heterocycles. The van der Waals surface area contributed by atoms with Gasteiger partial charge in [-0.15, -0.1) is 6.58 Å². The summed E-state index contributed by atoms with van der Waals surface area (Å²) in [5, 5.41) is 0.961. The number of hydrogen-bond donors (Lipinski definition) is 0. The van der Waals surface area contributed by atoms with E-state index in [0.717, 1.165) is 0 Å². The van der Waals surface area contributed by atoms with Crippen molar-refractivity contribution in [2.75, 3.05) is 24.3 Å². The molecule has 2 aromatic rings. The molecule has 0 aliphatic carbocycles. The minimum atomic E-state index is -3.05. The first-order valence-corrected chi connectivity index (χ1v) is 11.3. The summed E-state index contributed by atoms with van der Waals surface area (Å²) in [6.07, 6.45) is 2.07. The SMILES string of the molecule is C=CCn1c(SCC(=O)N(C)[C@@H]2CCS(=O)(=O)C2)nc2ccccc2c1=O. The molecule has 0 unspecified atom stereocenters. The van der Waals surface area contributed by atoms with E-state index < -0.39 is 9.84 Å². The molecule has 3 rings (SSSR count). The Morgan fingerprint density at radius 1 is 1.44 bits per heavy atom. The van der Waals surface area contributed by atoms with E-state index in [2.05, 4.69) is 11.6 Å². The highest BCUT2D eigenvalue weighted by Gasteiger charge is 2.32. The van der Waals surface area contributed by atoms with E-state index in [1.54, 1.807) is 37.4 Å². The summed E-state index contributed by atoms with van der Waals surface area (Å²) >= 11 is 1.17. The van der Waals surface area contributed by atoms with Gasteiger partial charge < -0.3 is 4.90 Å². The van der Waals surface area contributed by atoms with Gasteiger partial charge in [0.1, 0.15) is 0 Å². The lowest BCUT2D eigenvalue weighted by molar-refractivity contribution is -0.128. The molecule has 144 valence electrons. The van der Waals surface area contributed by atoms with Crippen molar-refractivity contribution in [2.24, 2.45) is 0 Å². The number of carbonyl (C=O) groups excluding carboxylic acids is 1. The van der Waals surface area contributed by atoms with Crippen LogP contribution in [-0.2, 0) is 21.2 Å². The fourth-order valence-corrected chi connectivity index (χ4v) is 5.77. The van der Waals surface area contributed by atoms with Gasteiger partial charge in [0.15, 0.2) is 15.0 Å². The van der Waals surface area contributed by atoms with E-state index in [1.165, 1.54) is 21.2 Å². The van der Waals surface area contributed by atoms with Crippen molar-refractivity contribution in [3.05, 3.63) is 47.3 Å². The summed E-state index contributed by atoms with van der Waals surface area (Å²) in [4.78, 5) is 31.2. The maximum atomic E-state index is 12.7. The molecule has 0 bridgehead atoms. The largest absolute Gasteiger partial charge is 0.341 e. The van der Waals surface area contributed by atoms with Crippen LogP contribution in [0.3, 0.4) is 0 Å².